The zero-order chi connectivity index (χ0) is 13.9. The van der Waals surface area contributed by atoms with Gasteiger partial charge in [0.1, 0.15) is 0 Å². The van der Waals surface area contributed by atoms with Crippen LogP contribution in [0.2, 0.25) is 0 Å². The van der Waals surface area contributed by atoms with Gasteiger partial charge in [-0.25, -0.2) is 13.6 Å². The number of primary sulfonamides is 1. The van der Waals surface area contributed by atoms with Crippen LogP contribution in [0.1, 0.15) is 12.0 Å². The van der Waals surface area contributed by atoms with Crippen molar-refractivity contribution in [3.63, 3.8) is 0 Å². The molecule has 6 nitrogen and oxygen atoms in total. The summed E-state index contributed by atoms with van der Waals surface area (Å²) in [6.45, 7) is 1.86. The molecule has 0 radical (unpaired) electrons. The van der Waals surface area contributed by atoms with Crippen LogP contribution in [0.15, 0.2) is 29.2 Å². The Hall–Kier alpha value is -1.15. The van der Waals surface area contributed by atoms with Gasteiger partial charge in [0.15, 0.2) is 0 Å². The molecule has 0 bridgehead atoms. The minimum absolute atomic E-state index is 0. The van der Waals surface area contributed by atoms with Crippen LogP contribution >= 0.6 is 12.4 Å². The fourth-order valence-corrected chi connectivity index (χ4v) is 2.63. The summed E-state index contributed by atoms with van der Waals surface area (Å²) in [5.41, 5.74) is 0.714. The summed E-state index contributed by atoms with van der Waals surface area (Å²) in [7, 11) is -3.70. The van der Waals surface area contributed by atoms with Crippen molar-refractivity contribution < 1.29 is 13.2 Å². The van der Waals surface area contributed by atoms with E-state index in [0.717, 1.165) is 13.0 Å². The van der Waals surface area contributed by atoms with Crippen molar-refractivity contribution in [3.05, 3.63) is 29.8 Å². The molecular weight excluding hydrogens is 302 g/mol. The minimum Gasteiger partial charge on any atom is -0.352 e. The van der Waals surface area contributed by atoms with Crippen LogP contribution in [0.25, 0.3) is 0 Å². The molecule has 1 aliphatic heterocycles. The van der Waals surface area contributed by atoms with Gasteiger partial charge < -0.3 is 10.6 Å². The lowest BCUT2D eigenvalue weighted by Crippen LogP contribution is -2.31. The van der Waals surface area contributed by atoms with E-state index in [1.807, 2.05) is 0 Å². The highest BCUT2D eigenvalue weighted by atomic mass is 35.5. The summed E-state index contributed by atoms with van der Waals surface area (Å²) in [5, 5.41) is 11.0. The molecule has 2 rings (SSSR count). The average Bonchev–Trinajstić information content (AvgIpc) is 2.89. The van der Waals surface area contributed by atoms with Crippen LogP contribution in [0.5, 0.6) is 0 Å². The zero-order valence-electron chi connectivity index (χ0n) is 10.8. The van der Waals surface area contributed by atoms with Gasteiger partial charge in [-0.1, -0.05) is 12.1 Å². The van der Waals surface area contributed by atoms with Gasteiger partial charge in [-0.15, -0.1) is 12.4 Å². The maximum Gasteiger partial charge on any atom is 0.238 e. The van der Waals surface area contributed by atoms with E-state index < -0.39 is 10.0 Å². The molecule has 1 atom stereocenters. The standard InChI is InChI=1S/C12H17N3O3S.ClH/c13-19(17,18)11-3-1-2-9(6-11)7-15-12(16)10-4-5-14-8-10;/h1-3,6,10,14H,4-5,7-8H2,(H,15,16)(H2,13,17,18);1H. The van der Waals surface area contributed by atoms with Crippen LogP contribution in [0.3, 0.4) is 0 Å². The molecule has 1 saturated heterocycles. The molecule has 112 valence electrons. The van der Waals surface area contributed by atoms with Gasteiger partial charge in [0.05, 0.1) is 10.8 Å². The number of carbonyl (C=O) groups is 1. The van der Waals surface area contributed by atoms with E-state index in [4.69, 9.17) is 5.14 Å². The Labute approximate surface area is 124 Å². The molecule has 1 fully saturated rings. The summed E-state index contributed by atoms with van der Waals surface area (Å²) < 4.78 is 22.4. The predicted molar refractivity (Wildman–Crippen MR) is 77.9 cm³/mol. The zero-order valence-corrected chi connectivity index (χ0v) is 12.5. The largest absolute Gasteiger partial charge is 0.352 e. The first-order valence-corrected chi connectivity index (χ1v) is 7.61. The van der Waals surface area contributed by atoms with E-state index in [-0.39, 0.29) is 29.1 Å². The number of amides is 1. The van der Waals surface area contributed by atoms with Crippen molar-refractivity contribution in [2.75, 3.05) is 13.1 Å². The number of benzene rings is 1. The van der Waals surface area contributed by atoms with Crippen molar-refractivity contribution in [2.45, 2.75) is 17.9 Å². The summed E-state index contributed by atoms with van der Waals surface area (Å²) in [5.74, 6) is -0.00701. The molecule has 0 aliphatic carbocycles. The third kappa shape index (κ3) is 4.45. The van der Waals surface area contributed by atoms with E-state index in [2.05, 4.69) is 10.6 Å². The molecule has 0 saturated carbocycles. The molecule has 1 amide bonds. The Balaban J connectivity index is 0.00000200. The highest BCUT2D eigenvalue weighted by Gasteiger charge is 2.21. The van der Waals surface area contributed by atoms with E-state index in [9.17, 15) is 13.2 Å². The van der Waals surface area contributed by atoms with Gasteiger partial charge in [-0.2, -0.15) is 0 Å². The van der Waals surface area contributed by atoms with Crippen LogP contribution in [0, 0.1) is 5.92 Å². The Morgan fingerprint density at radius 1 is 1.45 bits per heavy atom. The topological polar surface area (TPSA) is 101 Å². The second-order valence-electron chi connectivity index (χ2n) is 4.60. The van der Waals surface area contributed by atoms with Crippen LogP contribution in [-0.2, 0) is 21.4 Å². The van der Waals surface area contributed by atoms with E-state index >= 15 is 0 Å². The van der Waals surface area contributed by atoms with E-state index in [0.29, 0.717) is 18.7 Å². The van der Waals surface area contributed by atoms with Gasteiger partial charge in [-0.05, 0) is 30.7 Å². The lowest BCUT2D eigenvalue weighted by molar-refractivity contribution is -0.124. The van der Waals surface area contributed by atoms with Gasteiger partial charge in [0, 0.05) is 13.1 Å². The van der Waals surface area contributed by atoms with Crippen molar-refractivity contribution >= 4 is 28.3 Å². The predicted octanol–water partition coefficient (Wildman–Crippen LogP) is -0.0185. The number of rotatable bonds is 4. The second-order valence-corrected chi connectivity index (χ2v) is 6.16. The minimum atomic E-state index is -3.70. The molecule has 1 aromatic rings. The average molecular weight is 320 g/mol. The third-order valence-corrected chi connectivity index (χ3v) is 4.04. The number of carbonyl (C=O) groups excluding carboxylic acids is 1. The number of hydrogen-bond donors (Lipinski definition) is 3. The molecule has 1 unspecified atom stereocenters. The number of nitrogens with one attached hydrogen (secondary N) is 2. The quantitative estimate of drug-likeness (QED) is 0.726. The van der Waals surface area contributed by atoms with Crippen molar-refractivity contribution in [2.24, 2.45) is 11.1 Å². The number of sulfonamides is 1. The lowest BCUT2D eigenvalue weighted by atomic mass is 10.1. The van der Waals surface area contributed by atoms with Crippen LogP contribution < -0.4 is 15.8 Å². The Kier molecular flexibility index (Phi) is 5.94. The highest BCUT2D eigenvalue weighted by Crippen LogP contribution is 2.11. The van der Waals surface area contributed by atoms with Crippen LogP contribution in [-0.4, -0.2) is 27.4 Å². The maximum atomic E-state index is 11.8. The molecule has 8 heteroatoms. The molecule has 20 heavy (non-hydrogen) atoms. The van der Waals surface area contributed by atoms with Crippen molar-refractivity contribution in [3.8, 4) is 0 Å². The normalized spacial score (nSPS) is 18.4. The number of halogens is 1. The maximum absolute atomic E-state index is 11.8. The van der Waals surface area contributed by atoms with Crippen molar-refractivity contribution in [1.29, 1.82) is 0 Å². The summed E-state index contributed by atoms with van der Waals surface area (Å²) in [4.78, 5) is 11.9. The summed E-state index contributed by atoms with van der Waals surface area (Å²) >= 11 is 0. The molecule has 1 heterocycles. The summed E-state index contributed by atoms with van der Waals surface area (Å²) in [6.07, 6.45) is 0.836. The lowest BCUT2D eigenvalue weighted by Gasteiger charge is -2.10. The number of hydrogen-bond acceptors (Lipinski definition) is 4. The van der Waals surface area contributed by atoms with Gasteiger partial charge in [0.2, 0.25) is 15.9 Å². The molecule has 0 spiro atoms. The SMILES string of the molecule is Cl.NS(=O)(=O)c1cccc(CNC(=O)C2CCNC2)c1. The highest BCUT2D eigenvalue weighted by molar-refractivity contribution is 7.89. The van der Waals surface area contributed by atoms with E-state index in [1.165, 1.54) is 12.1 Å². The van der Waals surface area contributed by atoms with E-state index in [1.54, 1.807) is 12.1 Å². The second kappa shape index (κ2) is 7.03. The summed E-state index contributed by atoms with van der Waals surface area (Å²) in [6, 6.07) is 6.27. The first-order valence-electron chi connectivity index (χ1n) is 6.07. The van der Waals surface area contributed by atoms with Crippen LogP contribution in [0.4, 0.5) is 0 Å². The fraction of sp³-hybridized carbons (Fsp3) is 0.417. The van der Waals surface area contributed by atoms with Crippen molar-refractivity contribution in [1.82, 2.24) is 10.6 Å². The third-order valence-electron chi connectivity index (χ3n) is 3.12. The number of nitrogens with two attached hydrogens (primary N) is 1. The monoisotopic (exact) mass is 319 g/mol. The molecule has 4 N–H and O–H groups in total. The first kappa shape index (κ1) is 16.9. The first-order chi connectivity index (χ1) is 8.97. The molecule has 1 aliphatic rings. The smallest absolute Gasteiger partial charge is 0.238 e. The molecule has 1 aromatic carbocycles. The Morgan fingerprint density at radius 3 is 2.80 bits per heavy atom. The fourth-order valence-electron chi connectivity index (χ4n) is 2.04. The Bertz CT molecular complexity index is 571. The van der Waals surface area contributed by atoms with Gasteiger partial charge >= 0.3 is 0 Å². The molecule has 0 aromatic heterocycles. The van der Waals surface area contributed by atoms with Gasteiger partial charge in [0.25, 0.3) is 0 Å². The Morgan fingerprint density at radius 2 is 2.20 bits per heavy atom. The molecular formula is C12H18ClN3O3S. The van der Waals surface area contributed by atoms with Gasteiger partial charge in [-0.3, -0.25) is 4.79 Å².